The fraction of sp³-hybridized carbons (Fsp3) is 0.643. The van der Waals surface area contributed by atoms with Gasteiger partial charge in [0.05, 0.1) is 32.6 Å². The third kappa shape index (κ3) is 8.68. The van der Waals surface area contributed by atoms with Crippen LogP contribution in [0.15, 0.2) is 18.3 Å². The standard InChI is InChI=1S/C14H26N2O9P2/c1-5-20-26(18,21-6-2)24-14(16-13-10-9-12(17)11-15-13)25-27(19,22-7-3)23-8-4/h9-11,14,17H,5-8H2,1-4H3,(H,15,16). The third-order valence-electron chi connectivity index (χ3n) is 2.61. The number of anilines is 1. The third-order valence-corrected chi connectivity index (χ3v) is 5.81. The molecule has 0 radical (unpaired) electrons. The zero-order chi connectivity index (χ0) is 20.3. The molecule has 1 aromatic rings. The molecule has 0 saturated carbocycles. The van der Waals surface area contributed by atoms with E-state index >= 15 is 0 Å². The first kappa shape index (κ1) is 24.0. The van der Waals surface area contributed by atoms with Gasteiger partial charge in [-0.2, -0.15) is 0 Å². The molecule has 2 N–H and O–H groups in total. The molecule has 0 unspecified atom stereocenters. The molecule has 0 aliphatic heterocycles. The maximum absolute atomic E-state index is 12.7. The maximum Gasteiger partial charge on any atom is 0.478 e. The van der Waals surface area contributed by atoms with Crippen LogP contribution >= 0.6 is 15.6 Å². The zero-order valence-electron chi connectivity index (χ0n) is 15.7. The second-order valence-corrected chi connectivity index (χ2v) is 7.90. The van der Waals surface area contributed by atoms with E-state index in [1.165, 1.54) is 12.1 Å². The summed E-state index contributed by atoms with van der Waals surface area (Å²) in [6.07, 6.45) is -0.454. The van der Waals surface area contributed by atoms with E-state index in [1.54, 1.807) is 27.7 Å². The van der Waals surface area contributed by atoms with E-state index < -0.39 is 22.1 Å². The normalized spacial score (nSPS) is 12.5. The molecule has 13 heteroatoms. The summed E-state index contributed by atoms with van der Waals surface area (Å²) in [5.41, 5.74) is 0. The van der Waals surface area contributed by atoms with Gasteiger partial charge in [0.1, 0.15) is 11.6 Å². The van der Waals surface area contributed by atoms with Crippen LogP contribution in [0.5, 0.6) is 5.75 Å². The summed E-state index contributed by atoms with van der Waals surface area (Å²) in [7, 11) is -8.09. The number of pyridine rings is 1. The van der Waals surface area contributed by atoms with Crippen LogP contribution in [0, 0.1) is 0 Å². The van der Waals surface area contributed by atoms with E-state index in [1.807, 2.05) is 0 Å². The molecular formula is C14H26N2O9P2. The minimum atomic E-state index is -4.04. The van der Waals surface area contributed by atoms with E-state index in [-0.39, 0.29) is 38.0 Å². The maximum atomic E-state index is 12.7. The molecule has 0 bridgehead atoms. The minimum absolute atomic E-state index is 0.0377. The fourth-order valence-corrected chi connectivity index (χ4v) is 4.11. The molecule has 0 fully saturated rings. The second-order valence-electron chi connectivity index (χ2n) is 4.65. The van der Waals surface area contributed by atoms with Gasteiger partial charge in [-0.3, -0.25) is 18.1 Å². The lowest BCUT2D eigenvalue weighted by Gasteiger charge is -2.26. The Kier molecular flexibility index (Phi) is 10.4. The summed E-state index contributed by atoms with van der Waals surface area (Å²) >= 11 is 0. The summed E-state index contributed by atoms with van der Waals surface area (Å²) in [6, 6.07) is 2.75. The number of hydrogen-bond donors (Lipinski definition) is 2. The highest BCUT2D eigenvalue weighted by atomic mass is 31.2. The molecule has 0 aliphatic carbocycles. The molecule has 0 atom stereocenters. The number of nitrogens with zero attached hydrogens (tertiary/aromatic N) is 1. The number of phosphoric acid groups is 2. The van der Waals surface area contributed by atoms with Crippen molar-refractivity contribution in [2.24, 2.45) is 0 Å². The Labute approximate surface area is 158 Å². The van der Waals surface area contributed by atoms with Gasteiger partial charge in [0, 0.05) is 0 Å². The molecular weight excluding hydrogens is 402 g/mol. The molecule has 156 valence electrons. The van der Waals surface area contributed by atoms with Crippen LogP contribution in [0.2, 0.25) is 0 Å². The summed E-state index contributed by atoms with van der Waals surface area (Å²) in [5, 5.41) is 11.9. The molecule has 0 saturated heterocycles. The zero-order valence-corrected chi connectivity index (χ0v) is 17.5. The Hall–Kier alpha value is -1.03. The topological polar surface area (TPSA) is 135 Å². The molecule has 0 aromatic carbocycles. The van der Waals surface area contributed by atoms with E-state index in [0.29, 0.717) is 0 Å². The van der Waals surface area contributed by atoms with Crippen molar-refractivity contribution < 1.29 is 41.4 Å². The van der Waals surface area contributed by atoms with Gasteiger partial charge in [0.2, 0.25) is 0 Å². The molecule has 0 amide bonds. The Morgan fingerprint density at radius 2 is 1.37 bits per heavy atom. The average Bonchev–Trinajstić information content (AvgIpc) is 2.57. The lowest BCUT2D eigenvalue weighted by atomic mass is 10.4. The molecule has 1 heterocycles. The van der Waals surface area contributed by atoms with Crippen LogP contribution in [0.25, 0.3) is 0 Å². The number of hydrogen-bond acceptors (Lipinski definition) is 11. The molecule has 11 nitrogen and oxygen atoms in total. The first-order valence-corrected chi connectivity index (χ1v) is 11.3. The number of rotatable bonds is 14. The van der Waals surface area contributed by atoms with Gasteiger partial charge in [0.15, 0.2) is 0 Å². The SMILES string of the molecule is CCOP(=O)(OCC)OC(Nc1ccc(O)cn1)OP(=O)(OCC)OCC. The van der Waals surface area contributed by atoms with Crippen molar-refractivity contribution in [3.05, 3.63) is 18.3 Å². The van der Waals surface area contributed by atoms with Crippen LogP contribution in [0.4, 0.5) is 5.82 Å². The lowest BCUT2D eigenvalue weighted by molar-refractivity contribution is -0.0351. The van der Waals surface area contributed by atoms with Gasteiger partial charge in [-0.15, -0.1) is 0 Å². The number of aromatic hydroxyl groups is 1. The smallest absolute Gasteiger partial charge is 0.478 e. The van der Waals surface area contributed by atoms with Crippen molar-refractivity contribution in [1.82, 2.24) is 4.98 Å². The summed E-state index contributed by atoms with van der Waals surface area (Å²) < 4.78 is 56.1. The number of aromatic nitrogens is 1. The summed E-state index contributed by atoms with van der Waals surface area (Å²) in [5.74, 6) is 0.0967. The fourth-order valence-electron chi connectivity index (χ4n) is 1.73. The Balaban J connectivity index is 3.07. The highest BCUT2D eigenvalue weighted by Gasteiger charge is 2.37. The van der Waals surface area contributed by atoms with Crippen molar-refractivity contribution in [3.63, 3.8) is 0 Å². The summed E-state index contributed by atoms with van der Waals surface area (Å²) in [6.45, 7) is 6.56. The molecule has 1 aromatic heterocycles. The van der Waals surface area contributed by atoms with Gasteiger partial charge >= 0.3 is 15.6 Å². The molecule has 27 heavy (non-hydrogen) atoms. The quantitative estimate of drug-likeness (QED) is 0.330. The van der Waals surface area contributed by atoms with Gasteiger partial charge in [-0.05, 0) is 39.8 Å². The first-order chi connectivity index (χ1) is 12.8. The minimum Gasteiger partial charge on any atom is -0.506 e. The Morgan fingerprint density at radius 1 is 0.926 bits per heavy atom. The van der Waals surface area contributed by atoms with Crippen LogP contribution in [-0.2, 0) is 36.3 Å². The van der Waals surface area contributed by atoms with Gasteiger partial charge < -0.3 is 10.4 Å². The second kappa shape index (κ2) is 11.7. The highest BCUT2D eigenvalue weighted by Crippen LogP contribution is 2.55. The van der Waals surface area contributed by atoms with Gasteiger partial charge in [-0.25, -0.2) is 23.2 Å². The van der Waals surface area contributed by atoms with Crippen molar-refractivity contribution in [2.45, 2.75) is 34.1 Å². The van der Waals surface area contributed by atoms with E-state index in [9.17, 15) is 14.2 Å². The van der Waals surface area contributed by atoms with Crippen molar-refractivity contribution >= 4 is 21.5 Å². The number of nitrogens with one attached hydrogen (secondary N) is 1. The van der Waals surface area contributed by atoms with Crippen LogP contribution in [0.3, 0.4) is 0 Å². The lowest BCUT2D eigenvalue weighted by Crippen LogP contribution is -2.27. The van der Waals surface area contributed by atoms with Crippen molar-refractivity contribution in [2.75, 3.05) is 31.7 Å². The average molecular weight is 428 g/mol. The Morgan fingerprint density at radius 3 is 1.70 bits per heavy atom. The van der Waals surface area contributed by atoms with Gasteiger partial charge in [-0.1, -0.05) is 0 Å². The Bertz CT molecular complexity index is 592. The summed E-state index contributed by atoms with van der Waals surface area (Å²) in [4.78, 5) is 3.90. The van der Waals surface area contributed by atoms with E-state index in [0.717, 1.165) is 6.20 Å². The van der Waals surface area contributed by atoms with Crippen LogP contribution < -0.4 is 5.32 Å². The van der Waals surface area contributed by atoms with Crippen molar-refractivity contribution in [3.8, 4) is 5.75 Å². The molecule has 1 rings (SSSR count). The predicted molar refractivity (Wildman–Crippen MR) is 97.2 cm³/mol. The first-order valence-electron chi connectivity index (χ1n) is 8.36. The van der Waals surface area contributed by atoms with Crippen molar-refractivity contribution in [1.29, 1.82) is 0 Å². The predicted octanol–water partition coefficient (Wildman–Crippen LogP) is 3.88. The molecule has 0 spiro atoms. The van der Waals surface area contributed by atoms with Gasteiger partial charge in [0.25, 0.3) is 6.41 Å². The van der Waals surface area contributed by atoms with E-state index in [4.69, 9.17) is 27.1 Å². The molecule has 0 aliphatic rings. The highest BCUT2D eigenvalue weighted by molar-refractivity contribution is 7.49. The van der Waals surface area contributed by atoms with Crippen LogP contribution in [-0.4, -0.2) is 42.9 Å². The van der Waals surface area contributed by atoms with E-state index in [2.05, 4.69) is 10.3 Å². The monoisotopic (exact) mass is 428 g/mol. The largest absolute Gasteiger partial charge is 0.506 e. The van der Waals surface area contributed by atoms with Crippen LogP contribution in [0.1, 0.15) is 27.7 Å². The number of phosphoric ester groups is 2.